The number of carbonyl (C=O) groups is 2. The summed E-state index contributed by atoms with van der Waals surface area (Å²) in [4.78, 5) is 29.9. The van der Waals surface area contributed by atoms with Crippen molar-refractivity contribution in [2.45, 2.75) is 12.8 Å². The van der Waals surface area contributed by atoms with E-state index in [1.807, 2.05) is 0 Å². The van der Waals surface area contributed by atoms with Gasteiger partial charge in [-0.05, 0) is 18.2 Å². The van der Waals surface area contributed by atoms with Gasteiger partial charge in [-0.1, -0.05) is 0 Å². The van der Waals surface area contributed by atoms with Crippen molar-refractivity contribution in [1.29, 1.82) is 0 Å². The lowest BCUT2D eigenvalue weighted by Crippen LogP contribution is -2.12. The topological polar surface area (TPSA) is 95.1 Å². The van der Waals surface area contributed by atoms with Crippen LogP contribution in [0.2, 0.25) is 0 Å². The molecule has 118 valence electrons. The molecule has 8 heteroatoms. The van der Waals surface area contributed by atoms with E-state index in [2.05, 4.69) is 15.3 Å². The van der Waals surface area contributed by atoms with Gasteiger partial charge in [-0.2, -0.15) is 0 Å². The van der Waals surface area contributed by atoms with Crippen LogP contribution in [-0.2, 0) is 11.2 Å². The quantitative estimate of drug-likeness (QED) is 0.669. The molecule has 2 heterocycles. The first kappa shape index (κ1) is 15.2. The van der Waals surface area contributed by atoms with E-state index in [9.17, 15) is 14.0 Å². The lowest BCUT2D eigenvalue weighted by atomic mass is 10.1. The van der Waals surface area contributed by atoms with Crippen LogP contribution in [-0.4, -0.2) is 27.0 Å². The molecule has 0 unspecified atom stereocenters. The Morgan fingerprint density at radius 2 is 2.22 bits per heavy atom. The van der Waals surface area contributed by atoms with E-state index >= 15 is 0 Å². The Kier molecular flexibility index (Phi) is 4.07. The average Bonchev–Trinajstić information content (AvgIpc) is 3.13. The van der Waals surface area contributed by atoms with Gasteiger partial charge in [-0.15, -0.1) is 11.3 Å². The van der Waals surface area contributed by atoms with E-state index in [-0.39, 0.29) is 12.0 Å². The number of amides is 1. The highest BCUT2D eigenvalue weighted by Crippen LogP contribution is 2.22. The number of aromatic amines is 1. The maximum atomic E-state index is 13.6. The van der Waals surface area contributed by atoms with Crippen molar-refractivity contribution in [2.24, 2.45) is 0 Å². The number of carbonyl (C=O) groups excluding carboxylic acids is 1. The van der Waals surface area contributed by atoms with Crippen molar-refractivity contribution in [3.63, 3.8) is 0 Å². The SMILES string of the molecule is O=C(O)CCc1csc(NC(=O)c2cc(F)cc3cc[nH]c23)n1. The molecule has 0 spiro atoms. The number of thiazole rings is 1. The smallest absolute Gasteiger partial charge is 0.303 e. The predicted octanol–water partition coefficient (Wildman–Crippen LogP) is 3.03. The molecule has 0 saturated carbocycles. The lowest BCUT2D eigenvalue weighted by molar-refractivity contribution is -0.136. The maximum Gasteiger partial charge on any atom is 0.303 e. The zero-order valence-corrected chi connectivity index (χ0v) is 12.6. The normalized spacial score (nSPS) is 10.8. The molecule has 0 aliphatic rings. The molecule has 23 heavy (non-hydrogen) atoms. The van der Waals surface area contributed by atoms with Gasteiger partial charge in [0.05, 0.1) is 23.2 Å². The minimum absolute atomic E-state index is 0.0237. The molecular weight excluding hydrogens is 321 g/mol. The number of anilines is 1. The van der Waals surface area contributed by atoms with Crippen LogP contribution in [0, 0.1) is 5.82 Å². The fourth-order valence-electron chi connectivity index (χ4n) is 2.19. The van der Waals surface area contributed by atoms with E-state index < -0.39 is 17.7 Å². The van der Waals surface area contributed by atoms with Gasteiger partial charge in [0, 0.05) is 23.4 Å². The molecular formula is C15H12FN3O3S. The molecule has 1 aromatic carbocycles. The second-order valence-corrected chi connectivity index (χ2v) is 5.75. The zero-order chi connectivity index (χ0) is 16.4. The maximum absolute atomic E-state index is 13.6. The number of hydrogen-bond donors (Lipinski definition) is 3. The molecule has 0 saturated heterocycles. The van der Waals surface area contributed by atoms with Gasteiger partial charge < -0.3 is 10.1 Å². The Morgan fingerprint density at radius 1 is 1.39 bits per heavy atom. The van der Waals surface area contributed by atoms with E-state index in [0.717, 1.165) is 6.07 Å². The van der Waals surface area contributed by atoms with Gasteiger partial charge in [-0.3, -0.25) is 14.9 Å². The van der Waals surface area contributed by atoms with Gasteiger partial charge in [0.2, 0.25) is 0 Å². The van der Waals surface area contributed by atoms with Crippen molar-refractivity contribution in [3.8, 4) is 0 Å². The van der Waals surface area contributed by atoms with Crippen LogP contribution in [0.3, 0.4) is 0 Å². The molecule has 0 bridgehead atoms. The van der Waals surface area contributed by atoms with E-state index in [1.54, 1.807) is 17.6 Å². The van der Waals surface area contributed by atoms with Gasteiger partial charge in [0.25, 0.3) is 5.91 Å². The molecule has 3 aromatic rings. The highest BCUT2D eigenvalue weighted by molar-refractivity contribution is 7.14. The third-order valence-electron chi connectivity index (χ3n) is 3.24. The van der Waals surface area contributed by atoms with Crippen LogP contribution in [0.15, 0.2) is 29.8 Å². The second kappa shape index (κ2) is 6.17. The number of halogens is 1. The van der Waals surface area contributed by atoms with Gasteiger partial charge in [0.15, 0.2) is 5.13 Å². The Labute approximate surface area is 134 Å². The summed E-state index contributed by atoms with van der Waals surface area (Å²) < 4.78 is 13.6. The number of aliphatic carboxylic acids is 1. The molecule has 0 fully saturated rings. The first-order valence-corrected chi connectivity index (χ1v) is 7.65. The molecule has 6 nitrogen and oxygen atoms in total. The number of aromatic nitrogens is 2. The summed E-state index contributed by atoms with van der Waals surface area (Å²) in [5.74, 6) is -1.88. The summed E-state index contributed by atoms with van der Waals surface area (Å²) in [6, 6.07) is 4.19. The number of benzene rings is 1. The van der Waals surface area contributed by atoms with Crippen LogP contribution in [0.25, 0.3) is 10.9 Å². The Hall–Kier alpha value is -2.74. The van der Waals surface area contributed by atoms with E-state index in [4.69, 9.17) is 5.11 Å². The molecule has 3 rings (SSSR count). The molecule has 0 radical (unpaired) electrons. The fourth-order valence-corrected chi connectivity index (χ4v) is 2.93. The monoisotopic (exact) mass is 333 g/mol. The largest absolute Gasteiger partial charge is 0.481 e. The number of H-pyrrole nitrogens is 1. The summed E-state index contributed by atoms with van der Waals surface area (Å²) in [5.41, 5.74) is 1.33. The third-order valence-corrected chi connectivity index (χ3v) is 4.04. The van der Waals surface area contributed by atoms with Crippen LogP contribution in [0.4, 0.5) is 9.52 Å². The number of hydrogen-bond acceptors (Lipinski definition) is 4. The third kappa shape index (κ3) is 3.37. The van der Waals surface area contributed by atoms with Crippen LogP contribution < -0.4 is 5.32 Å². The number of fused-ring (bicyclic) bond motifs is 1. The van der Waals surface area contributed by atoms with Crippen molar-refractivity contribution >= 4 is 39.2 Å². The molecule has 0 aliphatic carbocycles. The number of carboxylic acid groups (broad SMARTS) is 1. The van der Waals surface area contributed by atoms with Gasteiger partial charge in [0.1, 0.15) is 5.82 Å². The van der Waals surface area contributed by atoms with Crippen molar-refractivity contribution in [1.82, 2.24) is 9.97 Å². The molecule has 0 atom stereocenters. The summed E-state index contributed by atoms with van der Waals surface area (Å²) in [7, 11) is 0. The Balaban J connectivity index is 1.78. The van der Waals surface area contributed by atoms with Crippen LogP contribution in [0.1, 0.15) is 22.5 Å². The first-order chi connectivity index (χ1) is 11.0. The standard InChI is InChI=1S/C15H12FN3O3S/c16-9-5-8-3-4-17-13(8)11(6-9)14(22)19-15-18-10(7-23-15)1-2-12(20)21/h3-7,17H,1-2H2,(H,20,21)(H,18,19,22). The minimum Gasteiger partial charge on any atom is -0.481 e. The number of nitrogens with zero attached hydrogens (tertiary/aromatic N) is 1. The Bertz CT molecular complexity index is 887. The number of nitrogens with one attached hydrogen (secondary N) is 2. The van der Waals surface area contributed by atoms with Crippen molar-refractivity contribution < 1.29 is 19.1 Å². The predicted molar refractivity (Wildman–Crippen MR) is 84.3 cm³/mol. The summed E-state index contributed by atoms with van der Waals surface area (Å²) in [6.45, 7) is 0. The summed E-state index contributed by atoms with van der Waals surface area (Å²) >= 11 is 1.20. The van der Waals surface area contributed by atoms with Crippen LogP contribution >= 0.6 is 11.3 Å². The van der Waals surface area contributed by atoms with E-state index in [0.29, 0.717) is 28.1 Å². The summed E-state index contributed by atoms with van der Waals surface area (Å²) in [6.07, 6.45) is 1.90. The summed E-state index contributed by atoms with van der Waals surface area (Å²) in [5, 5.41) is 13.9. The lowest BCUT2D eigenvalue weighted by Gasteiger charge is -2.04. The second-order valence-electron chi connectivity index (χ2n) is 4.89. The number of aryl methyl sites for hydroxylation is 1. The number of rotatable bonds is 5. The zero-order valence-electron chi connectivity index (χ0n) is 11.8. The van der Waals surface area contributed by atoms with Crippen molar-refractivity contribution in [2.75, 3.05) is 5.32 Å². The highest BCUT2D eigenvalue weighted by atomic mass is 32.1. The minimum atomic E-state index is -0.905. The average molecular weight is 333 g/mol. The first-order valence-electron chi connectivity index (χ1n) is 6.77. The number of carboxylic acids is 1. The Morgan fingerprint density at radius 3 is 3.00 bits per heavy atom. The molecule has 3 N–H and O–H groups in total. The van der Waals surface area contributed by atoms with Gasteiger partial charge in [-0.25, -0.2) is 9.37 Å². The van der Waals surface area contributed by atoms with Gasteiger partial charge >= 0.3 is 5.97 Å². The highest BCUT2D eigenvalue weighted by Gasteiger charge is 2.15. The fraction of sp³-hybridized carbons (Fsp3) is 0.133. The van der Waals surface area contributed by atoms with Crippen molar-refractivity contribution in [3.05, 3.63) is 46.9 Å². The van der Waals surface area contributed by atoms with E-state index in [1.165, 1.54) is 17.4 Å². The molecule has 1 amide bonds. The van der Waals surface area contributed by atoms with Crippen LogP contribution in [0.5, 0.6) is 0 Å². The molecule has 2 aromatic heterocycles. The molecule has 0 aliphatic heterocycles.